The lowest BCUT2D eigenvalue weighted by Gasteiger charge is -2.38. The number of aromatic nitrogens is 3. The number of halogens is 4. The van der Waals surface area contributed by atoms with E-state index in [1.165, 1.54) is 6.07 Å². The molecule has 2 aromatic heterocycles. The molecule has 2 saturated heterocycles. The molecule has 0 aliphatic carbocycles. The third kappa shape index (κ3) is 3.61. The monoisotopic (exact) mass is 438 g/mol. The number of piperidine rings is 1. The van der Waals surface area contributed by atoms with E-state index in [2.05, 4.69) is 15.1 Å². The van der Waals surface area contributed by atoms with Gasteiger partial charge in [0.25, 0.3) is 5.89 Å². The molecule has 0 atom stereocenters. The summed E-state index contributed by atoms with van der Waals surface area (Å²) < 4.78 is 70.9. The summed E-state index contributed by atoms with van der Waals surface area (Å²) in [5.74, 6) is -0.838. The number of nitrogens with zero attached hydrogens (tertiary/aromatic N) is 4. The molecule has 0 amide bonds. The van der Waals surface area contributed by atoms with Gasteiger partial charge in [-0.25, -0.2) is 9.37 Å². The van der Waals surface area contributed by atoms with Gasteiger partial charge in [-0.3, -0.25) is 0 Å². The van der Waals surface area contributed by atoms with Gasteiger partial charge >= 0.3 is 6.18 Å². The summed E-state index contributed by atoms with van der Waals surface area (Å²) in [5, 5.41) is 3.76. The van der Waals surface area contributed by atoms with Crippen LogP contribution in [0.3, 0.4) is 0 Å². The Morgan fingerprint density at radius 3 is 2.35 bits per heavy atom. The Balaban J connectivity index is 1.61. The molecule has 0 N–H and O–H groups in total. The van der Waals surface area contributed by atoms with Gasteiger partial charge in [0.15, 0.2) is 11.6 Å². The van der Waals surface area contributed by atoms with Crippen molar-refractivity contribution in [3.8, 4) is 11.5 Å². The zero-order valence-corrected chi connectivity index (χ0v) is 16.5. The maximum atomic E-state index is 14.6. The van der Waals surface area contributed by atoms with Gasteiger partial charge in [0.2, 0.25) is 0 Å². The van der Waals surface area contributed by atoms with E-state index in [4.69, 9.17) is 14.0 Å². The topological polar surface area (TPSA) is 73.5 Å². The van der Waals surface area contributed by atoms with E-state index in [9.17, 15) is 17.6 Å². The number of fused-ring (bicyclic) bond motifs is 1. The number of rotatable bonds is 2. The fourth-order valence-corrected chi connectivity index (χ4v) is 4.05. The predicted octanol–water partition coefficient (Wildman–Crippen LogP) is 4.09. The molecule has 2 aliphatic rings. The third-order valence-electron chi connectivity index (χ3n) is 5.57. The van der Waals surface area contributed by atoms with Crippen molar-refractivity contribution in [2.75, 3.05) is 31.2 Å². The van der Waals surface area contributed by atoms with E-state index >= 15 is 0 Å². The highest BCUT2D eigenvalue weighted by Crippen LogP contribution is 2.39. The normalized spacial score (nSPS) is 18.9. The molecule has 2 fully saturated rings. The van der Waals surface area contributed by atoms with Crippen molar-refractivity contribution >= 4 is 16.7 Å². The first-order valence-corrected chi connectivity index (χ1v) is 9.79. The summed E-state index contributed by atoms with van der Waals surface area (Å²) in [6, 6.07) is 2.74. The second-order valence-corrected chi connectivity index (χ2v) is 7.63. The van der Waals surface area contributed by atoms with Crippen LogP contribution in [0.25, 0.3) is 22.4 Å². The lowest BCUT2D eigenvalue weighted by Crippen LogP contribution is -2.45. The van der Waals surface area contributed by atoms with Crippen molar-refractivity contribution in [3.63, 3.8) is 0 Å². The van der Waals surface area contributed by atoms with E-state index in [0.717, 1.165) is 6.07 Å². The Morgan fingerprint density at radius 2 is 1.74 bits per heavy atom. The Hall–Kier alpha value is -2.79. The minimum atomic E-state index is -4.68. The first-order valence-electron chi connectivity index (χ1n) is 9.79. The van der Waals surface area contributed by atoms with Crippen LogP contribution in [-0.2, 0) is 15.7 Å². The molecule has 2 aliphatic heterocycles. The van der Waals surface area contributed by atoms with Crippen molar-refractivity contribution in [3.05, 3.63) is 35.4 Å². The van der Waals surface area contributed by atoms with Gasteiger partial charge in [0.1, 0.15) is 17.2 Å². The summed E-state index contributed by atoms with van der Waals surface area (Å²) in [6.45, 7) is 3.70. The number of anilines is 1. The zero-order valence-electron chi connectivity index (χ0n) is 16.5. The molecule has 0 saturated carbocycles. The Morgan fingerprint density at radius 1 is 1.03 bits per heavy atom. The molecule has 31 heavy (non-hydrogen) atoms. The van der Waals surface area contributed by atoms with Gasteiger partial charge in [0, 0.05) is 31.3 Å². The molecule has 0 bridgehead atoms. The van der Waals surface area contributed by atoms with Gasteiger partial charge < -0.3 is 18.9 Å². The molecule has 164 valence electrons. The van der Waals surface area contributed by atoms with Crippen molar-refractivity contribution in [2.45, 2.75) is 31.7 Å². The summed E-state index contributed by atoms with van der Waals surface area (Å²) in [4.78, 5) is 10.5. The maximum absolute atomic E-state index is 14.6. The summed E-state index contributed by atoms with van der Waals surface area (Å²) >= 11 is 0. The quantitative estimate of drug-likeness (QED) is 0.558. The molecule has 0 unspecified atom stereocenters. The highest BCUT2D eigenvalue weighted by atomic mass is 19.4. The maximum Gasteiger partial charge on any atom is 0.416 e. The van der Waals surface area contributed by atoms with Crippen molar-refractivity contribution in [1.29, 1.82) is 0 Å². The third-order valence-corrected chi connectivity index (χ3v) is 5.57. The Labute approximate surface area is 173 Å². The second kappa shape index (κ2) is 7.13. The number of hydrogen-bond donors (Lipinski definition) is 0. The average Bonchev–Trinajstić information content (AvgIpc) is 3.36. The van der Waals surface area contributed by atoms with E-state index in [1.807, 2.05) is 4.90 Å². The molecule has 1 spiro atoms. The van der Waals surface area contributed by atoms with Gasteiger partial charge in [-0.1, -0.05) is 5.16 Å². The van der Waals surface area contributed by atoms with Crippen LogP contribution in [-0.4, -0.2) is 47.2 Å². The molecule has 11 heteroatoms. The number of ether oxygens (including phenoxy) is 2. The van der Waals surface area contributed by atoms with Crippen LogP contribution in [0.15, 0.2) is 22.7 Å². The van der Waals surface area contributed by atoms with E-state index in [1.54, 1.807) is 6.92 Å². The van der Waals surface area contributed by atoms with Crippen LogP contribution in [0.5, 0.6) is 0 Å². The molecular formula is C20H18F4N4O3. The fourth-order valence-electron chi connectivity index (χ4n) is 4.05. The van der Waals surface area contributed by atoms with Crippen molar-refractivity contribution < 1.29 is 31.6 Å². The minimum Gasteiger partial charge on any atom is -0.356 e. The summed E-state index contributed by atoms with van der Waals surface area (Å²) in [5.41, 5.74) is -0.900. The first kappa shape index (κ1) is 20.1. The number of aryl methyl sites for hydroxylation is 1. The molecule has 3 aromatic rings. The summed E-state index contributed by atoms with van der Waals surface area (Å²) in [7, 11) is 0. The Kier molecular flexibility index (Phi) is 4.63. The van der Waals surface area contributed by atoms with Gasteiger partial charge in [-0.15, -0.1) is 0 Å². The molecule has 7 nitrogen and oxygen atoms in total. The molecule has 4 heterocycles. The molecule has 1 aromatic carbocycles. The van der Waals surface area contributed by atoms with Crippen LogP contribution < -0.4 is 4.90 Å². The van der Waals surface area contributed by atoms with E-state index < -0.39 is 23.3 Å². The number of benzene rings is 1. The van der Waals surface area contributed by atoms with Crippen molar-refractivity contribution in [1.82, 2.24) is 15.1 Å². The van der Waals surface area contributed by atoms with E-state index in [-0.39, 0.29) is 16.8 Å². The first-order chi connectivity index (χ1) is 14.7. The predicted molar refractivity (Wildman–Crippen MR) is 101 cm³/mol. The highest BCUT2D eigenvalue weighted by Gasteiger charge is 2.41. The largest absolute Gasteiger partial charge is 0.416 e. The number of hydrogen-bond acceptors (Lipinski definition) is 7. The molecule has 5 rings (SSSR count). The van der Waals surface area contributed by atoms with Gasteiger partial charge in [0.05, 0.1) is 24.3 Å². The van der Waals surface area contributed by atoms with Crippen LogP contribution in [0.4, 0.5) is 23.4 Å². The zero-order chi connectivity index (χ0) is 21.8. The number of pyridine rings is 1. The van der Waals surface area contributed by atoms with Crippen LogP contribution in [0.1, 0.15) is 24.2 Å². The summed E-state index contributed by atoms with van der Waals surface area (Å²) in [6.07, 6.45) is -3.54. The second-order valence-electron chi connectivity index (χ2n) is 7.63. The minimum absolute atomic E-state index is 0.00197. The Bertz CT molecular complexity index is 1130. The fraction of sp³-hybridized carbons (Fsp3) is 0.450. The SMILES string of the molecule is Cc1noc(-c2cc3cc(C(F)(F)F)cc(F)c3nc2N2CCC3(CC2)OCCO3)n1. The molecule has 0 radical (unpaired) electrons. The molecular weight excluding hydrogens is 420 g/mol. The lowest BCUT2D eigenvalue weighted by molar-refractivity contribution is -0.169. The highest BCUT2D eigenvalue weighted by molar-refractivity contribution is 5.89. The van der Waals surface area contributed by atoms with Gasteiger partial charge in [-0.2, -0.15) is 18.2 Å². The van der Waals surface area contributed by atoms with Crippen molar-refractivity contribution in [2.24, 2.45) is 0 Å². The standard InChI is InChI=1S/C20H18F4N4O3/c1-11-25-18(31-27-11)14-9-12-8-13(20(22,23)24)10-15(21)16(12)26-17(14)28-4-2-19(3-5-28)29-6-7-30-19/h8-10H,2-7H2,1H3. The van der Waals surface area contributed by atoms with Crippen LogP contribution >= 0.6 is 0 Å². The van der Waals surface area contributed by atoms with Crippen LogP contribution in [0.2, 0.25) is 0 Å². The average molecular weight is 438 g/mol. The van der Waals surface area contributed by atoms with Crippen LogP contribution in [0, 0.1) is 12.7 Å². The van der Waals surface area contributed by atoms with E-state index in [0.29, 0.717) is 62.4 Å². The lowest BCUT2D eigenvalue weighted by atomic mass is 10.0. The van der Waals surface area contributed by atoms with Gasteiger partial charge in [-0.05, 0) is 25.1 Å². The number of alkyl halides is 3. The smallest absolute Gasteiger partial charge is 0.356 e.